The first-order valence-corrected chi connectivity index (χ1v) is 7.59. The average molecular weight is 336 g/mol. The molecule has 1 heterocycles. The van der Waals surface area contributed by atoms with E-state index in [1.807, 2.05) is 0 Å². The molecule has 1 aliphatic heterocycles. The zero-order valence-corrected chi connectivity index (χ0v) is 13.0. The van der Waals surface area contributed by atoms with E-state index in [-0.39, 0.29) is 24.7 Å². The molecule has 0 unspecified atom stereocenters. The van der Waals surface area contributed by atoms with Gasteiger partial charge in [-0.15, -0.1) is 0 Å². The van der Waals surface area contributed by atoms with Crippen molar-refractivity contribution in [3.8, 4) is 11.5 Å². The summed E-state index contributed by atoms with van der Waals surface area (Å²) in [7, 11) is 0. The maximum absolute atomic E-state index is 13.5. The van der Waals surface area contributed by atoms with E-state index < -0.39 is 0 Å². The second-order valence-corrected chi connectivity index (χ2v) is 5.55. The first-order chi connectivity index (χ1) is 11.1. The molecule has 0 aromatic heterocycles. The lowest BCUT2D eigenvalue weighted by Gasteiger charge is -2.20. The lowest BCUT2D eigenvalue weighted by atomic mass is 10.1. The molecular formula is C17H15ClFNO3. The second kappa shape index (κ2) is 6.87. The quantitative estimate of drug-likeness (QED) is 0.934. The number of halogens is 2. The third-order valence-electron chi connectivity index (χ3n) is 3.46. The Morgan fingerprint density at radius 3 is 2.83 bits per heavy atom. The Hall–Kier alpha value is -2.27. The third-order valence-corrected chi connectivity index (χ3v) is 3.74. The maximum atomic E-state index is 13.5. The molecule has 0 bridgehead atoms. The van der Waals surface area contributed by atoms with Gasteiger partial charge in [-0.2, -0.15) is 0 Å². The van der Waals surface area contributed by atoms with Crippen molar-refractivity contribution in [2.75, 3.05) is 13.2 Å². The van der Waals surface area contributed by atoms with Gasteiger partial charge >= 0.3 is 0 Å². The molecule has 2 aromatic carbocycles. The zero-order valence-electron chi connectivity index (χ0n) is 12.3. The number of ether oxygens (including phenoxy) is 2. The fourth-order valence-electron chi connectivity index (χ4n) is 2.35. The Morgan fingerprint density at radius 1 is 1.22 bits per heavy atom. The van der Waals surface area contributed by atoms with Gasteiger partial charge in [0.1, 0.15) is 19.0 Å². The largest absolute Gasteiger partial charge is 0.486 e. The standard InChI is InChI=1S/C17H15ClFNO3/c18-13-7-11(8-15-17(13)23-6-5-22-15)9-16(21)20-10-12-3-1-2-4-14(12)19/h1-4,7-8H,5-6,9-10H2,(H,20,21). The second-order valence-electron chi connectivity index (χ2n) is 5.15. The summed E-state index contributed by atoms with van der Waals surface area (Å²) in [5.41, 5.74) is 1.16. The number of hydrogen-bond acceptors (Lipinski definition) is 3. The van der Waals surface area contributed by atoms with Gasteiger partial charge < -0.3 is 14.8 Å². The van der Waals surface area contributed by atoms with Crippen LogP contribution in [0.15, 0.2) is 36.4 Å². The summed E-state index contributed by atoms with van der Waals surface area (Å²) in [6.07, 6.45) is 0.130. The summed E-state index contributed by atoms with van der Waals surface area (Å²) in [5, 5.41) is 3.11. The molecule has 0 spiro atoms. The number of fused-ring (bicyclic) bond motifs is 1. The van der Waals surface area contributed by atoms with E-state index in [4.69, 9.17) is 21.1 Å². The first kappa shape index (κ1) is 15.6. The van der Waals surface area contributed by atoms with Crippen LogP contribution in [-0.2, 0) is 17.8 Å². The summed E-state index contributed by atoms with van der Waals surface area (Å²) in [5.74, 6) is 0.491. The van der Waals surface area contributed by atoms with Gasteiger partial charge in [0.15, 0.2) is 11.5 Å². The fourth-order valence-corrected chi connectivity index (χ4v) is 2.64. The van der Waals surface area contributed by atoms with Crippen LogP contribution < -0.4 is 14.8 Å². The summed E-state index contributed by atoms with van der Waals surface area (Å²) in [4.78, 5) is 12.0. The number of hydrogen-bond donors (Lipinski definition) is 1. The monoisotopic (exact) mass is 335 g/mol. The molecule has 0 fully saturated rings. The predicted molar refractivity (Wildman–Crippen MR) is 84.4 cm³/mol. The van der Waals surface area contributed by atoms with Gasteiger partial charge in [0.25, 0.3) is 0 Å². The Bertz CT molecular complexity index is 736. The normalized spacial score (nSPS) is 12.8. The average Bonchev–Trinajstić information content (AvgIpc) is 2.54. The van der Waals surface area contributed by atoms with Crippen LogP contribution in [0.5, 0.6) is 11.5 Å². The van der Waals surface area contributed by atoms with Crippen molar-refractivity contribution >= 4 is 17.5 Å². The number of carbonyl (C=O) groups excluding carboxylic acids is 1. The highest BCUT2D eigenvalue weighted by molar-refractivity contribution is 6.32. The molecule has 2 aromatic rings. The van der Waals surface area contributed by atoms with Crippen LogP contribution in [-0.4, -0.2) is 19.1 Å². The van der Waals surface area contributed by atoms with E-state index in [9.17, 15) is 9.18 Å². The number of rotatable bonds is 4. The highest BCUT2D eigenvalue weighted by Gasteiger charge is 2.17. The van der Waals surface area contributed by atoms with Gasteiger partial charge in [0.2, 0.25) is 5.91 Å². The molecule has 4 nitrogen and oxygen atoms in total. The molecule has 0 atom stereocenters. The third kappa shape index (κ3) is 3.74. The molecule has 23 heavy (non-hydrogen) atoms. The number of benzene rings is 2. The molecule has 6 heteroatoms. The van der Waals surface area contributed by atoms with Crippen LogP contribution in [0.3, 0.4) is 0 Å². The van der Waals surface area contributed by atoms with E-state index in [1.165, 1.54) is 6.07 Å². The van der Waals surface area contributed by atoms with E-state index in [0.29, 0.717) is 40.9 Å². The summed E-state index contributed by atoms with van der Waals surface area (Å²) in [6.45, 7) is 1.05. The van der Waals surface area contributed by atoms with Crippen molar-refractivity contribution < 1.29 is 18.7 Å². The lowest BCUT2D eigenvalue weighted by Crippen LogP contribution is -2.25. The van der Waals surface area contributed by atoms with Crippen molar-refractivity contribution in [1.29, 1.82) is 0 Å². The van der Waals surface area contributed by atoms with Gasteiger partial charge in [0, 0.05) is 12.1 Å². The zero-order chi connectivity index (χ0) is 16.2. The molecule has 1 aliphatic rings. The van der Waals surface area contributed by atoms with Crippen LogP contribution in [0.1, 0.15) is 11.1 Å². The summed E-state index contributed by atoms with van der Waals surface area (Å²) >= 11 is 6.14. The minimum Gasteiger partial charge on any atom is -0.486 e. The number of nitrogens with one attached hydrogen (secondary N) is 1. The Balaban J connectivity index is 1.64. The molecule has 0 saturated carbocycles. The molecule has 1 amide bonds. The van der Waals surface area contributed by atoms with Crippen LogP contribution in [0.2, 0.25) is 5.02 Å². The molecule has 3 rings (SSSR count). The van der Waals surface area contributed by atoms with E-state index in [0.717, 1.165) is 0 Å². The van der Waals surface area contributed by atoms with Crippen molar-refractivity contribution in [1.82, 2.24) is 5.32 Å². The van der Waals surface area contributed by atoms with Crippen LogP contribution in [0, 0.1) is 5.82 Å². The molecule has 1 N–H and O–H groups in total. The van der Waals surface area contributed by atoms with Crippen molar-refractivity contribution in [2.24, 2.45) is 0 Å². The van der Waals surface area contributed by atoms with Gasteiger partial charge in [-0.3, -0.25) is 4.79 Å². The van der Waals surface area contributed by atoms with Gasteiger partial charge in [0.05, 0.1) is 11.4 Å². The number of carbonyl (C=O) groups is 1. The van der Waals surface area contributed by atoms with Crippen molar-refractivity contribution in [2.45, 2.75) is 13.0 Å². The predicted octanol–water partition coefficient (Wildman–Crippen LogP) is 3.11. The van der Waals surface area contributed by atoms with Crippen LogP contribution in [0.4, 0.5) is 4.39 Å². The van der Waals surface area contributed by atoms with Gasteiger partial charge in [-0.05, 0) is 23.8 Å². The first-order valence-electron chi connectivity index (χ1n) is 7.21. The number of amides is 1. The van der Waals surface area contributed by atoms with E-state index in [1.54, 1.807) is 30.3 Å². The lowest BCUT2D eigenvalue weighted by molar-refractivity contribution is -0.120. The van der Waals surface area contributed by atoms with Crippen LogP contribution in [0.25, 0.3) is 0 Å². The topological polar surface area (TPSA) is 47.6 Å². The van der Waals surface area contributed by atoms with E-state index >= 15 is 0 Å². The highest BCUT2D eigenvalue weighted by atomic mass is 35.5. The fraction of sp³-hybridized carbons (Fsp3) is 0.235. The van der Waals surface area contributed by atoms with Gasteiger partial charge in [-0.1, -0.05) is 29.8 Å². The minimum atomic E-state index is -0.338. The molecule has 0 radical (unpaired) electrons. The van der Waals surface area contributed by atoms with Crippen LogP contribution >= 0.6 is 11.6 Å². The van der Waals surface area contributed by atoms with Crippen molar-refractivity contribution in [3.05, 3.63) is 58.4 Å². The molecule has 120 valence electrons. The van der Waals surface area contributed by atoms with Crippen molar-refractivity contribution in [3.63, 3.8) is 0 Å². The Labute approximate surface area is 138 Å². The minimum absolute atomic E-state index is 0.130. The van der Waals surface area contributed by atoms with Gasteiger partial charge in [-0.25, -0.2) is 4.39 Å². The summed E-state index contributed by atoms with van der Waals surface area (Å²) < 4.78 is 24.4. The maximum Gasteiger partial charge on any atom is 0.224 e. The summed E-state index contributed by atoms with van der Waals surface area (Å²) in [6, 6.07) is 9.75. The highest BCUT2D eigenvalue weighted by Crippen LogP contribution is 2.38. The molecule has 0 aliphatic carbocycles. The smallest absolute Gasteiger partial charge is 0.224 e. The molecule has 0 saturated heterocycles. The Kier molecular flexibility index (Phi) is 4.67. The van der Waals surface area contributed by atoms with E-state index in [2.05, 4.69) is 5.32 Å². The molecular weight excluding hydrogens is 321 g/mol. The Morgan fingerprint density at radius 2 is 2.00 bits per heavy atom. The SMILES string of the molecule is O=C(Cc1cc(Cl)c2c(c1)OCCO2)NCc1ccccc1F.